The van der Waals surface area contributed by atoms with E-state index in [9.17, 15) is 28.3 Å². The zero-order chi connectivity index (χ0) is 23.6. The second-order valence-corrected chi connectivity index (χ2v) is 10.7. The van der Waals surface area contributed by atoms with Crippen LogP contribution >= 0.6 is 11.3 Å². The molecule has 0 aromatic carbocycles. The van der Waals surface area contributed by atoms with Gasteiger partial charge in [0.15, 0.2) is 5.78 Å². The van der Waals surface area contributed by atoms with E-state index in [1.807, 2.05) is 6.08 Å². The first-order chi connectivity index (χ1) is 15.7. The number of alkyl halides is 2. The van der Waals surface area contributed by atoms with E-state index in [4.69, 9.17) is 0 Å². The van der Waals surface area contributed by atoms with Crippen molar-refractivity contribution < 1.29 is 28.3 Å². The first-order valence-corrected chi connectivity index (χ1v) is 12.8. The van der Waals surface area contributed by atoms with Gasteiger partial charge in [-0.1, -0.05) is 25.0 Å². The van der Waals surface area contributed by atoms with Crippen LogP contribution < -0.4 is 5.32 Å². The maximum Gasteiger partial charge on any atom is 0.307 e. The number of thiophene rings is 1. The largest absolute Gasteiger partial charge is 0.481 e. The Labute approximate surface area is 196 Å². The summed E-state index contributed by atoms with van der Waals surface area (Å²) in [5.74, 6) is -5.09. The van der Waals surface area contributed by atoms with Gasteiger partial charge in [-0.2, -0.15) is 0 Å². The number of fused-ring (bicyclic) bond motifs is 1. The third-order valence-corrected chi connectivity index (χ3v) is 8.54. The Morgan fingerprint density at radius 2 is 1.73 bits per heavy atom. The van der Waals surface area contributed by atoms with Crippen LogP contribution in [0.2, 0.25) is 0 Å². The summed E-state index contributed by atoms with van der Waals surface area (Å²) >= 11 is 1.43. The summed E-state index contributed by atoms with van der Waals surface area (Å²) < 4.78 is 26.7. The SMILES string of the molecule is O=C(C/C=C/C1CCC(F)(F)CC1)c1c(NC(=O)C2CCCCC2C(=O)O)sc2c1CCC2. The Bertz CT molecular complexity index is 944. The van der Waals surface area contributed by atoms with E-state index in [0.29, 0.717) is 36.2 Å². The number of Topliss-reactive ketones (excluding diaryl/α,β-unsaturated/α-hetero) is 1. The van der Waals surface area contributed by atoms with Crippen LogP contribution in [0.15, 0.2) is 12.2 Å². The van der Waals surface area contributed by atoms with Crippen molar-refractivity contribution in [2.24, 2.45) is 17.8 Å². The Hall–Kier alpha value is -2.09. The first kappa shape index (κ1) is 24.0. The number of hydrogen-bond acceptors (Lipinski definition) is 4. The quantitative estimate of drug-likeness (QED) is 0.370. The Kier molecular flexibility index (Phi) is 7.31. The van der Waals surface area contributed by atoms with Crippen molar-refractivity contribution >= 4 is 34.0 Å². The van der Waals surface area contributed by atoms with Gasteiger partial charge < -0.3 is 10.4 Å². The molecule has 1 aromatic heterocycles. The number of allylic oxidation sites excluding steroid dienone is 2. The normalized spacial score (nSPS) is 25.2. The van der Waals surface area contributed by atoms with Gasteiger partial charge in [0.05, 0.1) is 17.4 Å². The van der Waals surface area contributed by atoms with Crippen molar-refractivity contribution in [2.75, 3.05) is 5.32 Å². The van der Waals surface area contributed by atoms with Crippen molar-refractivity contribution in [1.29, 1.82) is 0 Å². The van der Waals surface area contributed by atoms with Crippen molar-refractivity contribution in [3.05, 3.63) is 28.2 Å². The van der Waals surface area contributed by atoms with Crippen molar-refractivity contribution in [2.45, 2.75) is 83.0 Å². The van der Waals surface area contributed by atoms with Gasteiger partial charge in [-0.15, -0.1) is 11.3 Å². The summed E-state index contributed by atoms with van der Waals surface area (Å²) in [7, 11) is 0. The molecule has 8 heteroatoms. The number of anilines is 1. The summed E-state index contributed by atoms with van der Waals surface area (Å²) in [4.78, 5) is 38.9. The van der Waals surface area contributed by atoms with Gasteiger partial charge >= 0.3 is 5.97 Å². The Morgan fingerprint density at radius 1 is 1.03 bits per heavy atom. The smallest absolute Gasteiger partial charge is 0.307 e. The molecule has 5 nitrogen and oxygen atoms in total. The summed E-state index contributed by atoms with van der Waals surface area (Å²) in [6, 6.07) is 0. The molecular weight excluding hydrogens is 448 g/mol. The highest BCUT2D eigenvalue weighted by atomic mass is 32.1. The molecule has 2 saturated carbocycles. The lowest BCUT2D eigenvalue weighted by atomic mass is 9.78. The molecule has 33 heavy (non-hydrogen) atoms. The number of nitrogens with one attached hydrogen (secondary N) is 1. The fourth-order valence-electron chi connectivity index (χ4n) is 5.46. The topological polar surface area (TPSA) is 83.5 Å². The van der Waals surface area contributed by atoms with Crippen LogP contribution in [0.25, 0.3) is 0 Å². The summed E-state index contributed by atoms with van der Waals surface area (Å²) in [6.07, 6.45) is 9.80. The zero-order valence-corrected chi connectivity index (χ0v) is 19.5. The molecule has 1 aromatic rings. The van der Waals surface area contributed by atoms with E-state index in [2.05, 4.69) is 5.32 Å². The highest BCUT2D eigenvalue weighted by Crippen LogP contribution is 2.41. The van der Waals surface area contributed by atoms with Crippen LogP contribution in [0.4, 0.5) is 13.8 Å². The third kappa shape index (κ3) is 5.53. The molecule has 0 spiro atoms. The van der Waals surface area contributed by atoms with Crippen molar-refractivity contribution in [1.82, 2.24) is 0 Å². The van der Waals surface area contributed by atoms with Gasteiger partial charge in [0.2, 0.25) is 11.8 Å². The van der Waals surface area contributed by atoms with Crippen LogP contribution in [0.3, 0.4) is 0 Å². The number of rotatable bonds is 7. The van der Waals surface area contributed by atoms with E-state index in [-0.39, 0.29) is 36.9 Å². The van der Waals surface area contributed by atoms with E-state index >= 15 is 0 Å². The molecule has 4 rings (SSSR count). The lowest BCUT2D eigenvalue weighted by Gasteiger charge is -2.27. The minimum atomic E-state index is -2.57. The zero-order valence-electron chi connectivity index (χ0n) is 18.7. The number of carbonyl (C=O) groups excluding carboxylic acids is 2. The first-order valence-electron chi connectivity index (χ1n) is 12.0. The monoisotopic (exact) mass is 479 g/mol. The average molecular weight is 480 g/mol. The standard InChI is InChI=1S/C25H31F2NO4S/c26-25(27)13-11-15(12-14-25)5-3-9-19(29)21-18-8-4-10-20(18)33-23(21)28-22(30)16-6-1-2-7-17(16)24(31)32/h3,5,15-17H,1-2,4,6-14H2,(H,28,30)(H,31,32)/b5-3+. The van der Waals surface area contributed by atoms with Crippen molar-refractivity contribution in [3.63, 3.8) is 0 Å². The van der Waals surface area contributed by atoms with Crippen LogP contribution in [0, 0.1) is 17.8 Å². The molecule has 1 heterocycles. The van der Waals surface area contributed by atoms with Gasteiger partial charge in [0, 0.05) is 24.1 Å². The molecule has 3 aliphatic rings. The average Bonchev–Trinajstić information content (AvgIpc) is 3.35. The van der Waals surface area contributed by atoms with E-state index in [0.717, 1.165) is 42.5 Å². The van der Waals surface area contributed by atoms with Gasteiger partial charge in [-0.25, -0.2) is 8.78 Å². The number of amides is 1. The second kappa shape index (κ2) is 10.0. The molecule has 2 atom stereocenters. The third-order valence-electron chi connectivity index (χ3n) is 7.33. The predicted molar refractivity (Wildman–Crippen MR) is 123 cm³/mol. The molecule has 0 aliphatic heterocycles. The second-order valence-electron chi connectivity index (χ2n) is 9.64. The molecule has 0 radical (unpaired) electrons. The van der Waals surface area contributed by atoms with Crippen LogP contribution in [-0.4, -0.2) is 28.7 Å². The lowest BCUT2D eigenvalue weighted by molar-refractivity contribution is -0.147. The van der Waals surface area contributed by atoms with Gasteiger partial charge in [0.1, 0.15) is 5.00 Å². The number of aryl methyl sites for hydroxylation is 1. The molecular formula is C25H31F2NO4S. The molecule has 2 fully saturated rings. The molecule has 3 aliphatic carbocycles. The minimum Gasteiger partial charge on any atom is -0.481 e. The van der Waals surface area contributed by atoms with Crippen LogP contribution in [-0.2, 0) is 22.4 Å². The number of carboxylic acid groups (broad SMARTS) is 1. The molecule has 1 amide bonds. The number of carboxylic acids is 1. The van der Waals surface area contributed by atoms with Crippen LogP contribution in [0.1, 0.15) is 85.0 Å². The Morgan fingerprint density at radius 3 is 2.42 bits per heavy atom. The molecule has 0 saturated heterocycles. The van der Waals surface area contributed by atoms with E-state index in [1.54, 1.807) is 6.08 Å². The maximum atomic E-state index is 13.3. The van der Waals surface area contributed by atoms with Gasteiger partial charge in [0.25, 0.3) is 0 Å². The molecule has 2 unspecified atom stereocenters. The van der Waals surface area contributed by atoms with Gasteiger partial charge in [-0.05, 0) is 56.4 Å². The predicted octanol–water partition coefficient (Wildman–Crippen LogP) is 6.02. The maximum absolute atomic E-state index is 13.3. The molecule has 2 N–H and O–H groups in total. The van der Waals surface area contributed by atoms with Crippen molar-refractivity contribution in [3.8, 4) is 0 Å². The molecule has 180 valence electrons. The molecule has 0 bridgehead atoms. The Balaban J connectivity index is 1.45. The number of aliphatic carboxylic acids is 1. The number of carbonyl (C=O) groups is 3. The summed E-state index contributed by atoms with van der Waals surface area (Å²) in [5, 5.41) is 13.0. The minimum absolute atomic E-state index is 0.0732. The van der Waals surface area contributed by atoms with E-state index in [1.165, 1.54) is 11.3 Å². The highest BCUT2D eigenvalue weighted by Gasteiger charge is 2.37. The highest BCUT2D eigenvalue weighted by molar-refractivity contribution is 7.17. The fraction of sp³-hybridized carbons (Fsp3) is 0.640. The van der Waals surface area contributed by atoms with E-state index < -0.39 is 23.7 Å². The fourth-order valence-corrected chi connectivity index (χ4v) is 6.77. The summed E-state index contributed by atoms with van der Waals surface area (Å²) in [6.45, 7) is 0. The summed E-state index contributed by atoms with van der Waals surface area (Å²) in [5.41, 5.74) is 1.56. The lowest BCUT2D eigenvalue weighted by Crippen LogP contribution is -2.36. The number of hydrogen-bond donors (Lipinski definition) is 2. The number of ketones is 1. The number of halogens is 2. The van der Waals surface area contributed by atoms with Crippen LogP contribution in [0.5, 0.6) is 0 Å². The van der Waals surface area contributed by atoms with Gasteiger partial charge in [-0.3, -0.25) is 14.4 Å².